The van der Waals surface area contributed by atoms with Crippen LogP contribution in [0, 0.1) is 5.92 Å². The van der Waals surface area contributed by atoms with Crippen molar-refractivity contribution in [1.29, 1.82) is 0 Å². The number of methoxy groups -OCH3 is 1. The summed E-state index contributed by atoms with van der Waals surface area (Å²) in [5, 5.41) is 0. The van der Waals surface area contributed by atoms with Crippen molar-refractivity contribution in [3.05, 3.63) is 17.7 Å². The van der Waals surface area contributed by atoms with Gasteiger partial charge in [0.1, 0.15) is 5.69 Å². The maximum Gasteiger partial charge on any atom is 0.309 e. The Morgan fingerprint density at radius 3 is 3.20 bits per heavy atom. The summed E-state index contributed by atoms with van der Waals surface area (Å²) in [6.07, 6.45) is 3.66. The Hall–Kier alpha value is -1.65. The molecule has 5 nitrogen and oxygen atoms in total. The van der Waals surface area contributed by atoms with Gasteiger partial charge in [0.25, 0.3) is 0 Å². The Kier molecular flexibility index (Phi) is 2.53. The van der Waals surface area contributed by atoms with Crippen LogP contribution in [0.25, 0.3) is 0 Å². The van der Waals surface area contributed by atoms with E-state index in [0.29, 0.717) is 12.1 Å². The van der Waals surface area contributed by atoms with Gasteiger partial charge in [-0.05, 0) is 6.42 Å². The van der Waals surface area contributed by atoms with E-state index >= 15 is 0 Å². The third kappa shape index (κ3) is 1.65. The molecule has 80 valence electrons. The van der Waals surface area contributed by atoms with Crippen molar-refractivity contribution in [2.24, 2.45) is 5.92 Å². The summed E-state index contributed by atoms with van der Waals surface area (Å²) in [4.78, 5) is 26.0. The van der Waals surface area contributed by atoms with Crippen LogP contribution in [0.1, 0.15) is 22.6 Å². The van der Waals surface area contributed by atoms with Crippen LogP contribution in [0.15, 0.2) is 6.33 Å². The van der Waals surface area contributed by atoms with Gasteiger partial charge < -0.3 is 9.30 Å². The number of hydrogen-bond donors (Lipinski definition) is 0. The van der Waals surface area contributed by atoms with E-state index in [1.807, 2.05) is 4.57 Å². The minimum Gasteiger partial charge on any atom is -0.469 e. The molecule has 0 amide bonds. The molecule has 1 aliphatic heterocycles. The van der Waals surface area contributed by atoms with Crippen molar-refractivity contribution in [2.75, 3.05) is 7.11 Å². The van der Waals surface area contributed by atoms with Gasteiger partial charge in [0.15, 0.2) is 6.29 Å². The second kappa shape index (κ2) is 3.84. The van der Waals surface area contributed by atoms with Crippen molar-refractivity contribution in [3.8, 4) is 0 Å². The first kappa shape index (κ1) is 9.89. The number of aldehydes is 1. The molecule has 5 heteroatoms. The molecule has 0 aliphatic carbocycles. The average molecular weight is 208 g/mol. The fraction of sp³-hybridized carbons (Fsp3) is 0.500. The van der Waals surface area contributed by atoms with Gasteiger partial charge >= 0.3 is 5.97 Å². The molecule has 1 unspecified atom stereocenters. The predicted octanol–water partition coefficient (Wildman–Crippen LogP) is 0.431. The summed E-state index contributed by atoms with van der Waals surface area (Å²) in [5.74, 6) is -0.350. The van der Waals surface area contributed by atoms with Gasteiger partial charge in [0.05, 0.1) is 19.4 Å². The zero-order valence-electron chi connectivity index (χ0n) is 8.47. The molecule has 15 heavy (non-hydrogen) atoms. The maximum absolute atomic E-state index is 11.4. The number of rotatable bonds is 2. The average Bonchev–Trinajstić information content (AvgIpc) is 2.69. The molecular formula is C10H12N2O3. The quantitative estimate of drug-likeness (QED) is 0.522. The van der Waals surface area contributed by atoms with Gasteiger partial charge in [0, 0.05) is 18.7 Å². The van der Waals surface area contributed by atoms with Crippen LogP contribution >= 0.6 is 0 Å². The third-order valence-electron chi connectivity index (χ3n) is 2.78. The second-order valence-corrected chi connectivity index (χ2v) is 3.60. The van der Waals surface area contributed by atoms with Crippen LogP contribution in [0.5, 0.6) is 0 Å². The van der Waals surface area contributed by atoms with Gasteiger partial charge in [-0.25, -0.2) is 4.98 Å². The van der Waals surface area contributed by atoms with Crippen LogP contribution < -0.4 is 0 Å². The molecule has 2 rings (SSSR count). The number of hydrogen-bond acceptors (Lipinski definition) is 4. The number of carbonyl (C=O) groups excluding carboxylic acids is 2. The number of fused-ring (bicyclic) bond motifs is 1. The number of esters is 1. The molecule has 1 aromatic rings. The predicted molar refractivity (Wildman–Crippen MR) is 51.4 cm³/mol. The highest BCUT2D eigenvalue weighted by Gasteiger charge is 2.27. The first-order valence-electron chi connectivity index (χ1n) is 4.83. The summed E-state index contributed by atoms with van der Waals surface area (Å²) in [7, 11) is 1.38. The van der Waals surface area contributed by atoms with Crippen LogP contribution in [0.3, 0.4) is 0 Å². The van der Waals surface area contributed by atoms with Gasteiger partial charge in [-0.1, -0.05) is 0 Å². The van der Waals surface area contributed by atoms with Crippen LogP contribution in [0.4, 0.5) is 0 Å². The lowest BCUT2D eigenvalue weighted by atomic mass is 9.95. The van der Waals surface area contributed by atoms with Crippen molar-refractivity contribution >= 4 is 12.3 Å². The zero-order chi connectivity index (χ0) is 10.8. The highest BCUT2D eigenvalue weighted by Crippen LogP contribution is 2.22. The van der Waals surface area contributed by atoms with Crippen LogP contribution in [0.2, 0.25) is 0 Å². The molecule has 2 heterocycles. The molecule has 1 aliphatic rings. The topological polar surface area (TPSA) is 61.2 Å². The number of carbonyl (C=O) groups is 2. The molecule has 1 atom stereocenters. The number of ether oxygens (including phenoxy) is 1. The molecule has 0 N–H and O–H groups in total. The fourth-order valence-corrected chi connectivity index (χ4v) is 1.93. The molecule has 0 saturated carbocycles. The standard InChI is InChI=1S/C10H12N2O3/c1-15-10(14)7-2-3-12-6-11-8(5-13)9(12)4-7/h5-7H,2-4H2,1H3. The van der Waals surface area contributed by atoms with E-state index in [-0.39, 0.29) is 11.9 Å². The second-order valence-electron chi connectivity index (χ2n) is 3.60. The summed E-state index contributed by atoms with van der Waals surface area (Å²) in [6, 6.07) is 0. The molecule has 1 aromatic heterocycles. The zero-order valence-corrected chi connectivity index (χ0v) is 8.47. The number of nitrogens with zero attached hydrogens (tertiary/aromatic N) is 2. The number of aromatic nitrogens is 2. The van der Waals surface area contributed by atoms with Crippen molar-refractivity contribution in [1.82, 2.24) is 9.55 Å². The lowest BCUT2D eigenvalue weighted by Gasteiger charge is -2.21. The Morgan fingerprint density at radius 2 is 2.53 bits per heavy atom. The third-order valence-corrected chi connectivity index (χ3v) is 2.78. The van der Waals surface area contributed by atoms with Gasteiger partial charge in [-0.2, -0.15) is 0 Å². The van der Waals surface area contributed by atoms with Crippen LogP contribution in [-0.2, 0) is 22.5 Å². The van der Waals surface area contributed by atoms with Crippen LogP contribution in [-0.4, -0.2) is 28.9 Å². The van der Waals surface area contributed by atoms with E-state index in [2.05, 4.69) is 4.98 Å². The van der Waals surface area contributed by atoms with E-state index < -0.39 is 0 Å². The minimum atomic E-state index is -0.209. The number of aryl methyl sites for hydroxylation is 1. The molecule has 0 bridgehead atoms. The Morgan fingerprint density at radius 1 is 1.73 bits per heavy atom. The molecule has 0 spiro atoms. The van der Waals surface area contributed by atoms with Gasteiger partial charge in [-0.15, -0.1) is 0 Å². The summed E-state index contributed by atoms with van der Waals surface area (Å²) in [6.45, 7) is 0.718. The van der Waals surface area contributed by atoms with Gasteiger partial charge in [0.2, 0.25) is 0 Å². The summed E-state index contributed by atoms with van der Waals surface area (Å²) in [5.41, 5.74) is 1.27. The molecular weight excluding hydrogens is 196 g/mol. The van der Waals surface area contributed by atoms with E-state index in [0.717, 1.165) is 24.9 Å². The minimum absolute atomic E-state index is 0.141. The maximum atomic E-state index is 11.4. The van der Waals surface area contributed by atoms with Crippen molar-refractivity contribution in [3.63, 3.8) is 0 Å². The molecule has 0 aromatic carbocycles. The Balaban J connectivity index is 2.24. The highest BCUT2D eigenvalue weighted by molar-refractivity contribution is 5.76. The number of imidazole rings is 1. The lowest BCUT2D eigenvalue weighted by Crippen LogP contribution is -2.26. The monoisotopic (exact) mass is 208 g/mol. The molecule has 0 fully saturated rings. The Bertz CT molecular complexity index is 397. The molecule has 0 saturated heterocycles. The SMILES string of the molecule is COC(=O)C1CCn2cnc(C=O)c2C1. The smallest absolute Gasteiger partial charge is 0.309 e. The van der Waals surface area contributed by atoms with E-state index in [9.17, 15) is 9.59 Å². The van der Waals surface area contributed by atoms with E-state index in [1.165, 1.54) is 7.11 Å². The lowest BCUT2D eigenvalue weighted by molar-refractivity contribution is -0.146. The molecule has 0 radical (unpaired) electrons. The van der Waals surface area contributed by atoms with Crippen molar-refractivity contribution < 1.29 is 14.3 Å². The van der Waals surface area contributed by atoms with E-state index in [1.54, 1.807) is 6.33 Å². The summed E-state index contributed by atoms with van der Waals surface area (Å²) >= 11 is 0. The first-order valence-corrected chi connectivity index (χ1v) is 4.83. The van der Waals surface area contributed by atoms with Gasteiger partial charge in [-0.3, -0.25) is 9.59 Å². The Labute approximate surface area is 87.1 Å². The first-order chi connectivity index (χ1) is 7.26. The summed E-state index contributed by atoms with van der Waals surface area (Å²) < 4.78 is 6.62. The fourth-order valence-electron chi connectivity index (χ4n) is 1.93. The highest BCUT2D eigenvalue weighted by atomic mass is 16.5. The van der Waals surface area contributed by atoms with Crippen molar-refractivity contribution in [2.45, 2.75) is 19.4 Å². The normalized spacial score (nSPS) is 19.4. The van der Waals surface area contributed by atoms with E-state index in [4.69, 9.17) is 4.74 Å². The largest absolute Gasteiger partial charge is 0.469 e.